The van der Waals surface area contributed by atoms with Gasteiger partial charge in [-0.25, -0.2) is 4.79 Å². The third-order valence-electron chi connectivity index (χ3n) is 3.18. The Morgan fingerprint density at radius 3 is 2.35 bits per heavy atom. The van der Waals surface area contributed by atoms with Gasteiger partial charge < -0.3 is 14.2 Å². The molecule has 1 fully saturated rings. The summed E-state index contributed by atoms with van der Waals surface area (Å²) in [5.74, 6) is -0.796. The quantitative estimate of drug-likeness (QED) is 0.759. The van der Waals surface area contributed by atoms with Crippen LogP contribution >= 0.6 is 0 Å². The maximum absolute atomic E-state index is 11.4. The Balaban J connectivity index is 2.19. The largest absolute Gasteiger partial charge is 0.469 e. The van der Waals surface area contributed by atoms with Crippen molar-refractivity contribution in [1.29, 1.82) is 0 Å². The summed E-state index contributed by atoms with van der Waals surface area (Å²) in [5.41, 5.74) is 0. The molecular weight excluding hydrogens is 266 g/mol. The van der Waals surface area contributed by atoms with Crippen molar-refractivity contribution in [1.82, 2.24) is 5.32 Å². The van der Waals surface area contributed by atoms with Crippen LogP contribution in [0.4, 0.5) is 4.79 Å². The maximum atomic E-state index is 11.4. The predicted octanol–water partition coefficient (Wildman–Crippen LogP) is 1.01. The summed E-state index contributed by atoms with van der Waals surface area (Å²) in [6, 6.07) is 0. The molecule has 0 saturated heterocycles. The third kappa shape index (κ3) is 5.56. The fraction of sp³-hybridized carbons (Fsp3) is 0.769. The average molecular weight is 287 g/mol. The van der Waals surface area contributed by atoms with Gasteiger partial charge in [0.05, 0.1) is 25.7 Å². The molecule has 20 heavy (non-hydrogen) atoms. The monoisotopic (exact) mass is 287 g/mol. The summed E-state index contributed by atoms with van der Waals surface area (Å²) in [6.07, 6.45) is 1.95. The van der Waals surface area contributed by atoms with E-state index in [2.05, 4.69) is 10.1 Å². The molecule has 0 unspecified atom stereocenters. The molecule has 0 spiro atoms. The second kappa shape index (κ2) is 8.52. The Kier molecular flexibility index (Phi) is 7.00. The highest BCUT2D eigenvalue weighted by atomic mass is 16.6. The van der Waals surface area contributed by atoms with Gasteiger partial charge in [0.1, 0.15) is 6.61 Å². The number of methoxy groups -OCH3 is 1. The van der Waals surface area contributed by atoms with Crippen LogP contribution in [0.15, 0.2) is 0 Å². The van der Waals surface area contributed by atoms with Crippen LogP contribution in [0.1, 0.15) is 32.6 Å². The molecule has 0 bridgehead atoms. The van der Waals surface area contributed by atoms with Gasteiger partial charge in [-0.3, -0.25) is 14.9 Å². The van der Waals surface area contributed by atoms with Crippen molar-refractivity contribution in [2.24, 2.45) is 5.92 Å². The summed E-state index contributed by atoms with van der Waals surface area (Å²) in [5, 5.41) is 2.06. The fourth-order valence-corrected chi connectivity index (χ4v) is 2.14. The van der Waals surface area contributed by atoms with Crippen LogP contribution in [0, 0.1) is 5.92 Å². The van der Waals surface area contributed by atoms with E-state index in [1.165, 1.54) is 7.11 Å². The number of rotatable bonds is 5. The van der Waals surface area contributed by atoms with E-state index in [1.807, 2.05) is 0 Å². The zero-order chi connectivity index (χ0) is 15.0. The first-order valence-corrected chi connectivity index (χ1v) is 6.72. The van der Waals surface area contributed by atoms with Crippen LogP contribution < -0.4 is 5.32 Å². The number of nitrogens with one attached hydrogen (secondary N) is 1. The number of carbonyl (C=O) groups is 3. The Bertz CT molecular complexity index is 349. The molecule has 7 nitrogen and oxygen atoms in total. The number of ether oxygens (including phenoxy) is 3. The molecule has 1 saturated carbocycles. The van der Waals surface area contributed by atoms with Gasteiger partial charge in [-0.2, -0.15) is 0 Å². The minimum absolute atomic E-state index is 0.0659. The standard InChI is InChI=1S/C13H21NO6/c1-3-19-13(17)14-11(15)8-20-10-6-4-9(5-7-10)12(16)18-2/h9-10H,3-8H2,1-2H3,(H,14,15,17). The SMILES string of the molecule is CCOC(=O)NC(=O)COC1CCC(C(=O)OC)CC1. The summed E-state index contributed by atoms with van der Waals surface area (Å²) in [4.78, 5) is 33.7. The number of esters is 1. The number of carbonyl (C=O) groups excluding carboxylic acids is 3. The van der Waals surface area contributed by atoms with Crippen LogP contribution in [0.3, 0.4) is 0 Å². The van der Waals surface area contributed by atoms with E-state index in [0.717, 1.165) is 0 Å². The summed E-state index contributed by atoms with van der Waals surface area (Å²) < 4.78 is 14.7. The topological polar surface area (TPSA) is 90.9 Å². The van der Waals surface area contributed by atoms with Crippen molar-refractivity contribution in [2.45, 2.75) is 38.7 Å². The lowest BCUT2D eigenvalue weighted by atomic mass is 9.87. The lowest BCUT2D eigenvalue weighted by Gasteiger charge is -2.26. The third-order valence-corrected chi connectivity index (χ3v) is 3.18. The average Bonchev–Trinajstić information content (AvgIpc) is 2.45. The molecule has 0 aromatic heterocycles. The van der Waals surface area contributed by atoms with Crippen LogP contribution in [0.2, 0.25) is 0 Å². The number of alkyl carbamates (subject to hydrolysis) is 1. The fourth-order valence-electron chi connectivity index (χ4n) is 2.14. The van der Waals surface area contributed by atoms with Crippen molar-refractivity contribution < 1.29 is 28.6 Å². The van der Waals surface area contributed by atoms with Gasteiger partial charge in [-0.05, 0) is 32.6 Å². The van der Waals surface area contributed by atoms with E-state index < -0.39 is 12.0 Å². The lowest BCUT2D eigenvalue weighted by molar-refractivity contribution is -0.148. The van der Waals surface area contributed by atoms with Gasteiger partial charge >= 0.3 is 12.1 Å². The normalized spacial score (nSPS) is 21.9. The van der Waals surface area contributed by atoms with E-state index in [4.69, 9.17) is 9.47 Å². The first-order chi connectivity index (χ1) is 9.56. The van der Waals surface area contributed by atoms with Crippen molar-refractivity contribution in [3.63, 3.8) is 0 Å². The molecule has 0 aliphatic heterocycles. The molecule has 7 heteroatoms. The first-order valence-electron chi connectivity index (χ1n) is 6.72. The highest BCUT2D eigenvalue weighted by Crippen LogP contribution is 2.26. The van der Waals surface area contributed by atoms with Crippen molar-refractivity contribution >= 4 is 18.0 Å². The second-order valence-corrected chi connectivity index (χ2v) is 4.58. The number of hydrogen-bond donors (Lipinski definition) is 1. The summed E-state index contributed by atoms with van der Waals surface area (Å²) >= 11 is 0. The smallest absolute Gasteiger partial charge is 0.413 e. The van der Waals surface area contributed by atoms with E-state index in [0.29, 0.717) is 25.7 Å². The number of hydrogen-bond acceptors (Lipinski definition) is 6. The van der Waals surface area contributed by atoms with E-state index in [9.17, 15) is 14.4 Å². The Hall–Kier alpha value is -1.63. The van der Waals surface area contributed by atoms with E-state index >= 15 is 0 Å². The highest BCUT2D eigenvalue weighted by Gasteiger charge is 2.27. The van der Waals surface area contributed by atoms with E-state index in [-0.39, 0.29) is 31.2 Å². The Labute approximate surface area is 117 Å². The van der Waals surface area contributed by atoms with E-state index in [1.54, 1.807) is 6.92 Å². The van der Waals surface area contributed by atoms with Crippen molar-refractivity contribution in [2.75, 3.05) is 20.3 Å². The molecule has 1 rings (SSSR count). The molecule has 1 N–H and O–H groups in total. The Morgan fingerprint density at radius 1 is 1.15 bits per heavy atom. The number of amides is 2. The number of imide groups is 1. The molecular formula is C13H21NO6. The molecule has 0 atom stereocenters. The molecule has 1 aliphatic carbocycles. The molecule has 0 heterocycles. The van der Waals surface area contributed by atoms with Gasteiger partial charge in [0.2, 0.25) is 0 Å². The highest BCUT2D eigenvalue weighted by molar-refractivity contribution is 5.92. The minimum atomic E-state index is -0.768. The molecule has 0 aromatic carbocycles. The van der Waals surface area contributed by atoms with Crippen LogP contribution in [0.5, 0.6) is 0 Å². The maximum Gasteiger partial charge on any atom is 0.413 e. The van der Waals surface area contributed by atoms with Gasteiger partial charge in [-0.1, -0.05) is 0 Å². The van der Waals surface area contributed by atoms with Crippen LogP contribution in [-0.2, 0) is 23.8 Å². The zero-order valence-electron chi connectivity index (χ0n) is 11.8. The molecule has 0 aromatic rings. The van der Waals surface area contributed by atoms with Gasteiger partial charge in [0.15, 0.2) is 0 Å². The summed E-state index contributed by atoms with van der Waals surface area (Å²) in [6.45, 7) is 1.67. The summed E-state index contributed by atoms with van der Waals surface area (Å²) in [7, 11) is 1.38. The van der Waals surface area contributed by atoms with Gasteiger partial charge in [0, 0.05) is 0 Å². The van der Waals surface area contributed by atoms with Crippen LogP contribution in [-0.4, -0.2) is 44.4 Å². The van der Waals surface area contributed by atoms with Crippen LogP contribution in [0.25, 0.3) is 0 Å². The molecule has 0 radical (unpaired) electrons. The van der Waals surface area contributed by atoms with Crippen molar-refractivity contribution in [3.8, 4) is 0 Å². The lowest BCUT2D eigenvalue weighted by Crippen LogP contribution is -2.36. The Morgan fingerprint density at radius 2 is 1.80 bits per heavy atom. The molecule has 114 valence electrons. The first kappa shape index (κ1) is 16.4. The van der Waals surface area contributed by atoms with Gasteiger partial charge in [0.25, 0.3) is 5.91 Å². The predicted molar refractivity (Wildman–Crippen MR) is 68.9 cm³/mol. The zero-order valence-corrected chi connectivity index (χ0v) is 11.8. The minimum Gasteiger partial charge on any atom is -0.469 e. The van der Waals surface area contributed by atoms with Crippen molar-refractivity contribution in [3.05, 3.63) is 0 Å². The van der Waals surface area contributed by atoms with Gasteiger partial charge in [-0.15, -0.1) is 0 Å². The molecule has 2 amide bonds. The second-order valence-electron chi connectivity index (χ2n) is 4.58. The molecule has 1 aliphatic rings.